The van der Waals surface area contributed by atoms with Crippen molar-refractivity contribution in [3.8, 4) is 5.75 Å². The monoisotopic (exact) mass is 529 g/mol. The van der Waals surface area contributed by atoms with Crippen molar-refractivity contribution in [3.63, 3.8) is 0 Å². The van der Waals surface area contributed by atoms with Crippen LogP contribution in [0.15, 0.2) is 54.7 Å². The van der Waals surface area contributed by atoms with Gasteiger partial charge in [-0.25, -0.2) is 4.98 Å². The zero-order chi connectivity index (χ0) is 26.1. The Labute approximate surface area is 218 Å². The number of nitrogens with zero attached hydrogens (tertiary/aromatic N) is 1. The van der Waals surface area contributed by atoms with Crippen molar-refractivity contribution < 1.29 is 19.1 Å². The van der Waals surface area contributed by atoms with Gasteiger partial charge in [0.25, 0.3) is 11.8 Å². The molecule has 1 heterocycles. The summed E-state index contributed by atoms with van der Waals surface area (Å²) in [5.41, 5.74) is 1.43. The molecule has 0 radical (unpaired) electrons. The van der Waals surface area contributed by atoms with Gasteiger partial charge in [-0.2, -0.15) is 0 Å². The summed E-state index contributed by atoms with van der Waals surface area (Å²) in [6, 6.07) is 12.8. The molecule has 2 aromatic carbocycles. The highest BCUT2D eigenvalue weighted by atomic mass is 35.5. The first-order chi connectivity index (χ1) is 17.3. The molecule has 0 aliphatic rings. The average molecular weight is 530 g/mol. The van der Waals surface area contributed by atoms with Crippen molar-refractivity contribution >= 4 is 58.1 Å². The number of carbonyl (C=O) groups is 3. The van der Waals surface area contributed by atoms with Crippen LogP contribution in [0.2, 0.25) is 10.0 Å². The third-order valence-electron chi connectivity index (χ3n) is 4.91. The second-order valence-electron chi connectivity index (χ2n) is 7.61. The van der Waals surface area contributed by atoms with E-state index in [1.165, 1.54) is 19.2 Å². The Morgan fingerprint density at radius 1 is 0.917 bits per heavy atom. The molecular weight excluding hydrogens is 505 g/mol. The number of amides is 3. The number of nitrogens with one attached hydrogen (secondary N) is 4. The second-order valence-corrected chi connectivity index (χ2v) is 8.48. The van der Waals surface area contributed by atoms with Crippen molar-refractivity contribution in [3.05, 3.63) is 75.9 Å². The molecular formula is C25H25Cl2N5O4. The number of halogens is 2. The Bertz CT molecular complexity index is 1250. The van der Waals surface area contributed by atoms with Gasteiger partial charge in [0.05, 0.1) is 28.4 Å². The van der Waals surface area contributed by atoms with Crippen LogP contribution in [0, 0.1) is 0 Å². The Hall–Kier alpha value is -3.82. The van der Waals surface area contributed by atoms with Gasteiger partial charge in [-0.1, -0.05) is 23.2 Å². The van der Waals surface area contributed by atoms with Crippen LogP contribution in [0.25, 0.3) is 0 Å². The molecule has 1 aromatic heterocycles. The van der Waals surface area contributed by atoms with E-state index < -0.39 is 11.8 Å². The van der Waals surface area contributed by atoms with E-state index in [9.17, 15) is 14.4 Å². The van der Waals surface area contributed by atoms with Crippen LogP contribution in [0.3, 0.4) is 0 Å². The lowest BCUT2D eigenvalue weighted by Gasteiger charge is -2.15. The summed E-state index contributed by atoms with van der Waals surface area (Å²) in [5, 5.41) is 11.9. The van der Waals surface area contributed by atoms with E-state index >= 15 is 0 Å². The molecule has 0 unspecified atom stereocenters. The number of carbonyl (C=O) groups excluding carboxylic acids is 3. The van der Waals surface area contributed by atoms with Gasteiger partial charge in [0.1, 0.15) is 11.6 Å². The molecule has 0 aliphatic heterocycles. The van der Waals surface area contributed by atoms with E-state index in [1.807, 2.05) is 0 Å². The quantitative estimate of drug-likeness (QED) is 0.279. The molecule has 36 heavy (non-hydrogen) atoms. The minimum atomic E-state index is -0.511. The summed E-state index contributed by atoms with van der Waals surface area (Å²) < 4.78 is 5.83. The predicted octanol–water partition coefficient (Wildman–Crippen LogP) is 4.84. The lowest BCUT2D eigenvalue weighted by atomic mass is 10.1. The fourth-order valence-corrected chi connectivity index (χ4v) is 3.42. The molecule has 11 heteroatoms. The van der Waals surface area contributed by atoms with Crippen LogP contribution in [-0.2, 0) is 4.79 Å². The molecule has 0 aliphatic carbocycles. The van der Waals surface area contributed by atoms with Crippen molar-refractivity contribution in [2.75, 3.05) is 36.1 Å². The van der Waals surface area contributed by atoms with Crippen LogP contribution in [0.5, 0.6) is 5.75 Å². The van der Waals surface area contributed by atoms with Crippen LogP contribution >= 0.6 is 23.2 Å². The second kappa shape index (κ2) is 12.8. The number of hydrogen-bond acceptors (Lipinski definition) is 6. The number of hydrogen-bond donors (Lipinski definition) is 4. The lowest BCUT2D eigenvalue weighted by molar-refractivity contribution is -0.118. The topological polar surface area (TPSA) is 121 Å². The molecule has 3 aromatic rings. The zero-order valence-electron chi connectivity index (χ0n) is 19.7. The van der Waals surface area contributed by atoms with Crippen LogP contribution in [-0.4, -0.2) is 42.9 Å². The molecule has 0 spiro atoms. The first-order valence-electron chi connectivity index (χ1n) is 11.0. The molecule has 3 amide bonds. The number of aromatic nitrogens is 1. The summed E-state index contributed by atoms with van der Waals surface area (Å²) in [4.78, 5) is 41.2. The van der Waals surface area contributed by atoms with Crippen molar-refractivity contribution in [1.82, 2.24) is 10.3 Å². The van der Waals surface area contributed by atoms with Gasteiger partial charge in [-0.15, -0.1) is 0 Å². The lowest BCUT2D eigenvalue weighted by Crippen LogP contribution is -2.22. The fraction of sp³-hybridized carbons (Fsp3) is 0.200. The summed E-state index contributed by atoms with van der Waals surface area (Å²) in [6.45, 7) is 2.18. The summed E-state index contributed by atoms with van der Waals surface area (Å²) in [7, 11) is 1.75. The van der Waals surface area contributed by atoms with Crippen LogP contribution < -0.4 is 26.0 Å². The molecule has 0 fully saturated rings. The Balaban J connectivity index is 1.79. The highest BCUT2D eigenvalue weighted by molar-refractivity contribution is 6.31. The van der Waals surface area contributed by atoms with E-state index in [0.29, 0.717) is 34.6 Å². The minimum Gasteiger partial charge on any atom is -0.493 e. The smallest absolute Gasteiger partial charge is 0.259 e. The summed E-state index contributed by atoms with van der Waals surface area (Å²) in [5.74, 6) is -0.466. The van der Waals surface area contributed by atoms with Crippen LogP contribution in [0.1, 0.15) is 34.1 Å². The Kier molecular flexibility index (Phi) is 9.49. The SMILES string of the molecule is CNc1ccc(C(=O)Nc2ccc(Cl)cc2C(=O)Nc2ccc(Cl)cn2)c(OCCCNC(C)=O)c1. The van der Waals surface area contributed by atoms with Gasteiger partial charge in [0, 0.05) is 43.5 Å². The largest absolute Gasteiger partial charge is 0.493 e. The van der Waals surface area contributed by atoms with E-state index in [1.54, 1.807) is 49.5 Å². The number of rotatable bonds is 10. The third kappa shape index (κ3) is 7.59. The third-order valence-corrected chi connectivity index (χ3v) is 5.37. The van der Waals surface area contributed by atoms with E-state index in [0.717, 1.165) is 5.69 Å². The Morgan fingerprint density at radius 3 is 2.36 bits per heavy atom. The van der Waals surface area contributed by atoms with Gasteiger partial charge in [0.2, 0.25) is 5.91 Å². The minimum absolute atomic E-state index is 0.123. The van der Waals surface area contributed by atoms with Crippen molar-refractivity contribution in [1.29, 1.82) is 0 Å². The molecule has 4 N–H and O–H groups in total. The van der Waals surface area contributed by atoms with E-state index in [-0.39, 0.29) is 29.3 Å². The summed E-state index contributed by atoms with van der Waals surface area (Å²) >= 11 is 12.0. The summed E-state index contributed by atoms with van der Waals surface area (Å²) in [6.07, 6.45) is 1.97. The zero-order valence-corrected chi connectivity index (χ0v) is 21.2. The van der Waals surface area contributed by atoms with Gasteiger partial charge in [0.15, 0.2) is 0 Å². The molecule has 0 saturated carbocycles. The first kappa shape index (κ1) is 26.8. The maximum absolute atomic E-state index is 13.2. The molecule has 188 valence electrons. The maximum Gasteiger partial charge on any atom is 0.259 e. The molecule has 3 rings (SSSR count). The van der Waals surface area contributed by atoms with Gasteiger partial charge in [-0.3, -0.25) is 14.4 Å². The molecule has 0 atom stereocenters. The Morgan fingerprint density at radius 2 is 1.67 bits per heavy atom. The molecule has 0 saturated heterocycles. The van der Waals surface area contributed by atoms with E-state index in [2.05, 4.69) is 26.3 Å². The number of anilines is 3. The highest BCUT2D eigenvalue weighted by Gasteiger charge is 2.19. The highest BCUT2D eigenvalue weighted by Crippen LogP contribution is 2.27. The number of benzene rings is 2. The standard InChI is InChI=1S/C25H25Cl2N5O4/c1-15(33)29-10-3-11-36-22-13-18(28-2)6-7-19(22)24(34)31-21-8-4-16(26)12-20(21)25(35)32-23-9-5-17(27)14-30-23/h4-9,12-14,28H,3,10-11H2,1-2H3,(H,29,33)(H,31,34)(H,30,32,35). The molecule has 0 bridgehead atoms. The van der Waals surface area contributed by atoms with Gasteiger partial charge >= 0.3 is 0 Å². The first-order valence-corrected chi connectivity index (χ1v) is 11.7. The maximum atomic E-state index is 13.2. The predicted molar refractivity (Wildman–Crippen MR) is 141 cm³/mol. The van der Waals surface area contributed by atoms with Crippen molar-refractivity contribution in [2.45, 2.75) is 13.3 Å². The van der Waals surface area contributed by atoms with E-state index in [4.69, 9.17) is 27.9 Å². The van der Waals surface area contributed by atoms with Gasteiger partial charge in [-0.05, 0) is 48.9 Å². The fourth-order valence-electron chi connectivity index (χ4n) is 3.14. The van der Waals surface area contributed by atoms with Gasteiger partial charge < -0.3 is 26.0 Å². The number of pyridine rings is 1. The van der Waals surface area contributed by atoms with Crippen molar-refractivity contribution in [2.24, 2.45) is 0 Å². The average Bonchev–Trinajstić information content (AvgIpc) is 2.85. The normalized spacial score (nSPS) is 10.3. The molecule has 9 nitrogen and oxygen atoms in total. The number of ether oxygens (including phenoxy) is 1. The van der Waals surface area contributed by atoms with Crippen LogP contribution in [0.4, 0.5) is 17.2 Å².